The van der Waals surface area contributed by atoms with E-state index in [-0.39, 0.29) is 10.6 Å². The minimum absolute atomic E-state index is 0.143. The molecule has 1 aliphatic carbocycles. The molecule has 0 saturated heterocycles. The number of alkyl halides is 4. The molecule has 1 nitrogen and oxygen atoms in total. The zero-order chi connectivity index (χ0) is 11.1. The second-order valence-electron chi connectivity index (χ2n) is 3.41. The largest absolute Gasteiger partial charge is 0.573 e. The van der Waals surface area contributed by atoms with Crippen molar-refractivity contribution >= 4 is 15.9 Å². The molecule has 0 amide bonds. The van der Waals surface area contributed by atoms with Crippen molar-refractivity contribution in [1.29, 1.82) is 0 Å². The van der Waals surface area contributed by atoms with Gasteiger partial charge in [0.15, 0.2) is 0 Å². The maximum atomic E-state index is 12.0. The molecule has 0 aliphatic heterocycles. The summed E-state index contributed by atoms with van der Waals surface area (Å²) >= 11 is 3.41. The maximum Gasteiger partial charge on any atom is 0.573 e. The number of ether oxygens (including phenoxy) is 1. The lowest BCUT2D eigenvalue weighted by Crippen LogP contribution is -2.17. The van der Waals surface area contributed by atoms with Crippen LogP contribution in [0.5, 0.6) is 5.75 Å². The van der Waals surface area contributed by atoms with Gasteiger partial charge in [-0.1, -0.05) is 22.0 Å². The van der Waals surface area contributed by atoms with Crippen LogP contribution in [0.1, 0.15) is 22.4 Å². The van der Waals surface area contributed by atoms with Crippen LogP contribution in [0.25, 0.3) is 0 Å². The van der Waals surface area contributed by atoms with Crippen LogP contribution in [0, 0.1) is 0 Å². The number of fused-ring (bicyclic) bond motifs is 1. The SMILES string of the molecule is FC(F)(F)Oc1ccc2c(c1)C(Br)CC2. The standard InChI is InChI=1S/C10H8BrF3O/c11-9-4-2-6-1-3-7(5-8(6)9)15-10(12,13)14/h1,3,5,9H,2,4H2. The molecular formula is C10H8BrF3O. The number of hydrogen-bond acceptors (Lipinski definition) is 1. The first-order chi connectivity index (χ1) is 6.96. The zero-order valence-corrected chi connectivity index (χ0v) is 9.23. The van der Waals surface area contributed by atoms with Gasteiger partial charge in [-0.05, 0) is 36.1 Å². The Kier molecular flexibility index (Phi) is 2.66. The molecule has 1 aromatic rings. The highest BCUT2D eigenvalue weighted by molar-refractivity contribution is 9.09. The lowest BCUT2D eigenvalue weighted by atomic mass is 10.1. The van der Waals surface area contributed by atoms with Gasteiger partial charge in [0.05, 0.1) is 0 Å². The van der Waals surface area contributed by atoms with Gasteiger partial charge in [-0.15, -0.1) is 13.2 Å². The molecule has 2 rings (SSSR count). The minimum atomic E-state index is -4.62. The normalized spacial score (nSPS) is 20.1. The van der Waals surface area contributed by atoms with Gasteiger partial charge in [0.2, 0.25) is 0 Å². The molecule has 15 heavy (non-hydrogen) atoms. The van der Waals surface area contributed by atoms with Crippen LogP contribution >= 0.6 is 15.9 Å². The summed E-state index contributed by atoms with van der Waals surface area (Å²) in [5, 5.41) is 0. The Morgan fingerprint density at radius 3 is 2.73 bits per heavy atom. The van der Waals surface area contributed by atoms with Crippen LogP contribution in [0.2, 0.25) is 0 Å². The molecule has 0 fully saturated rings. The Bertz CT molecular complexity index is 375. The number of aryl methyl sites for hydroxylation is 1. The molecule has 0 spiro atoms. The van der Waals surface area contributed by atoms with Crippen molar-refractivity contribution in [2.24, 2.45) is 0 Å². The Morgan fingerprint density at radius 2 is 2.07 bits per heavy atom. The summed E-state index contributed by atoms with van der Waals surface area (Å²) in [7, 11) is 0. The van der Waals surface area contributed by atoms with E-state index in [1.54, 1.807) is 6.07 Å². The Hall–Kier alpha value is -0.710. The first kappa shape index (κ1) is 10.8. The van der Waals surface area contributed by atoms with Crippen molar-refractivity contribution in [3.8, 4) is 5.75 Å². The highest BCUT2D eigenvalue weighted by Crippen LogP contribution is 2.39. The van der Waals surface area contributed by atoms with Crippen LogP contribution in [-0.2, 0) is 6.42 Å². The second-order valence-corrected chi connectivity index (χ2v) is 4.52. The smallest absolute Gasteiger partial charge is 0.406 e. The number of hydrogen-bond donors (Lipinski definition) is 0. The Balaban J connectivity index is 2.26. The van der Waals surface area contributed by atoms with E-state index in [1.165, 1.54) is 12.1 Å². The summed E-state index contributed by atoms with van der Waals surface area (Å²) in [4.78, 5) is 0.143. The van der Waals surface area contributed by atoms with Crippen LogP contribution in [0.15, 0.2) is 18.2 Å². The lowest BCUT2D eigenvalue weighted by molar-refractivity contribution is -0.274. The van der Waals surface area contributed by atoms with E-state index in [0.717, 1.165) is 24.0 Å². The van der Waals surface area contributed by atoms with Crippen LogP contribution in [0.3, 0.4) is 0 Å². The third kappa shape index (κ3) is 2.45. The molecule has 1 atom stereocenters. The van der Waals surface area contributed by atoms with Gasteiger partial charge in [-0.25, -0.2) is 0 Å². The van der Waals surface area contributed by atoms with Crippen molar-refractivity contribution in [2.75, 3.05) is 0 Å². The highest BCUT2D eigenvalue weighted by atomic mass is 79.9. The quantitative estimate of drug-likeness (QED) is 0.708. The summed E-state index contributed by atoms with van der Waals surface area (Å²) in [6.07, 6.45) is -2.79. The molecule has 5 heteroatoms. The Labute approximate surface area is 93.4 Å². The first-order valence-electron chi connectivity index (χ1n) is 4.48. The number of halogens is 4. The van der Waals surface area contributed by atoms with E-state index in [2.05, 4.69) is 20.7 Å². The Morgan fingerprint density at radius 1 is 1.33 bits per heavy atom. The summed E-state index contributed by atoms with van der Waals surface area (Å²) in [6.45, 7) is 0. The molecule has 1 aliphatic rings. The third-order valence-corrected chi connectivity index (χ3v) is 3.31. The molecule has 0 N–H and O–H groups in total. The van der Waals surface area contributed by atoms with Gasteiger partial charge in [0.1, 0.15) is 5.75 Å². The van der Waals surface area contributed by atoms with E-state index in [0.29, 0.717) is 0 Å². The number of rotatable bonds is 1. The van der Waals surface area contributed by atoms with E-state index in [9.17, 15) is 13.2 Å². The predicted octanol–water partition coefficient (Wildman–Crippen LogP) is 3.97. The average molecular weight is 281 g/mol. The summed E-state index contributed by atoms with van der Waals surface area (Å²) in [6, 6.07) is 4.50. The molecule has 1 aromatic carbocycles. The van der Waals surface area contributed by atoms with Crippen molar-refractivity contribution in [3.63, 3.8) is 0 Å². The molecule has 1 unspecified atom stereocenters. The fraction of sp³-hybridized carbons (Fsp3) is 0.400. The molecule has 0 aromatic heterocycles. The van der Waals surface area contributed by atoms with E-state index < -0.39 is 6.36 Å². The summed E-state index contributed by atoms with van der Waals surface area (Å²) in [5.41, 5.74) is 1.99. The van der Waals surface area contributed by atoms with E-state index in [1.807, 2.05) is 0 Å². The topological polar surface area (TPSA) is 9.23 Å². The van der Waals surface area contributed by atoms with Crippen molar-refractivity contribution in [2.45, 2.75) is 24.0 Å². The molecule has 0 bridgehead atoms. The molecule has 0 heterocycles. The highest BCUT2D eigenvalue weighted by Gasteiger charge is 2.32. The monoisotopic (exact) mass is 280 g/mol. The van der Waals surface area contributed by atoms with E-state index >= 15 is 0 Å². The maximum absolute atomic E-state index is 12.0. The minimum Gasteiger partial charge on any atom is -0.406 e. The van der Waals surface area contributed by atoms with Gasteiger partial charge in [-0.3, -0.25) is 0 Å². The van der Waals surface area contributed by atoms with Crippen LogP contribution in [0.4, 0.5) is 13.2 Å². The first-order valence-corrected chi connectivity index (χ1v) is 5.40. The van der Waals surface area contributed by atoms with Crippen LogP contribution in [-0.4, -0.2) is 6.36 Å². The van der Waals surface area contributed by atoms with Crippen LogP contribution < -0.4 is 4.74 Å². The van der Waals surface area contributed by atoms with Gasteiger partial charge in [0.25, 0.3) is 0 Å². The van der Waals surface area contributed by atoms with Gasteiger partial charge < -0.3 is 4.74 Å². The lowest BCUT2D eigenvalue weighted by Gasteiger charge is -2.10. The molecule has 82 valence electrons. The van der Waals surface area contributed by atoms with E-state index in [4.69, 9.17) is 0 Å². The summed E-state index contributed by atoms with van der Waals surface area (Å²) < 4.78 is 39.7. The fourth-order valence-electron chi connectivity index (χ4n) is 1.73. The van der Waals surface area contributed by atoms with Gasteiger partial charge >= 0.3 is 6.36 Å². The van der Waals surface area contributed by atoms with Crippen molar-refractivity contribution < 1.29 is 17.9 Å². The molecule has 0 radical (unpaired) electrons. The average Bonchev–Trinajstić information content (AvgIpc) is 2.45. The van der Waals surface area contributed by atoms with Gasteiger partial charge in [0, 0.05) is 4.83 Å². The zero-order valence-electron chi connectivity index (χ0n) is 7.64. The van der Waals surface area contributed by atoms with Crippen molar-refractivity contribution in [3.05, 3.63) is 29.3 Å². The molecular weight excluding hydrogens is 273 g/mol. The summed E-state index contributed by atoms with van der Waals surface area (Å²) in [5.74, 6) is -0.146. The predicted molar refractivity (Wildman–Crippen MR) is 53.1 cm³/mol. The van der Waals surface area contributed by atoms with Gasteiger partial charge in [-0.2, -0.15) is 0 Å². The molecule has 0 saturated carbocycles. The third-order valence-electron chi connectivity index (χ3n) is 2.36. The van der Waals surface area contributed by atoms with Crippen molar-refractivity contribution in [1.82, 2.24) is 0 Å². The number of benzene rings is 1. The fourth-order valence-corrected chi connectivity index (χ4v) is 2.38. The second kappa shape index (κ2) is 3.70.